The summed E-state index contributed by atoms with van der Waals surface area (Å²) in [7, 11) is 0. The highest BCUT2D eigenvalue weighted by Gasteiger charge is 2.30. The Bertz CT molecular complexity index is 431. The molecule has 98 valence electrons. The maximum absolute atomic E-state index is 12.3. The predicted molar refractivity (Wildman–Crippen MR) is 68.5 cm³/mol. The normalized spacial score (nSPS) is 21.0. The van der Waals surface area contributed by atoms with Crippen LogP contribution in [-0.4, -0.2) is 39.7 Å². The number of nitrogens with zero attached hydrogens (tertiary/aromatic N) is 1. The van der Waals surface area contributed by atoms with Crippen molar-refractivity contribution in [2.75, 3.05) is 6.54 Å². The van der Waals surface area contributed by atoms with E-state index < -0.39 is 6.10 Å². The molecule has 1 heterocycles. The van der Waals surface area contributed by atoms with Gasteiger partial charge in [-0.1, -0.05) is 12.1 Å². The summed E-state index contributed by atoms with van der Waals surface area (Å²) in [4.78, 5) is 14.1. The first-order valence-corrected chi connectivity index (χ1v) is 6.36. The van der Waals surface area contributed by atoms with Crippen LogP contribution in [0, 0.1) is 0 Å². The predicted octanol–water partition coefficient (Wildman–Crippen LogP) is 1.77. The number of aromatic hydroxyl groups is 1. The van der Waals surface area contributed by atoms with Crippen LogP contribution >= 0.6 is 0 Å². The Morgan fingerprint density at radius 2 is 2.22 bits per heavy atom. The Morgan fingerprint density at radius 1 is 1.50 bits per heavy atom. The second-order valence-corrected chi connectivity index (χ2v) is 4.90. The van der Waals surface area contributed by atoms with Gasteiger partial charge in [0.05, 0.1) is 11.7 Å². The molecular weight excluding hydrogens is 230 g/mol. The van der Waals surface area contributed by atoms with Gasteiger partial charge in [0.15, 0.2) is 0 Å². The summed E-state index contributed by atoms with van der Waals surface area (Å²) in [6.07, 6.45) is 2.06. The van der Waals surface area contributed by atoms with Gasteiger partial charge in [-0.15, -0.1) is 0 Å². The second kappa shape index (κ2) is 5.40. The van der Waals surface area contributed by atoms with Crippen LogP contribution in [0.5, 0.6) is 5.75 Å². The van der Waals surface area contributed by atoms with Crippen molar-refractivity contribution in [2.24, 2.45) is 0 Å². The van der Waals surface area contributed by atoms with Gasteiger partial charge in [-0.2, -0.15) is 0 Å². The highest BCUT2D eigenvalue weighted by atomic mass is 16.3. The smallest absolute Gasteiger partial charge is 0.257 e. The van der Waals surface area contributed by atoms with E-state index in [-0.39, 0.29) is 17.7 Å². The van der Waals surface area contributed by atoms with Gasteiger partial charge in [0.1, 0.15) is 5.75 Å². The monoisotopic (exact) mass is 249 g/mol. The van der Waals surface area contributed by atoms with E-state index in [1.165, 1.54) is 6.07 Å². The molecule has 1 aromatic rings. The molecule has 4 heteroatoms. The highest BCUT2D eigenvalue weighted by Crippen LogP contribution is 2.26. The SMILES string of the molecule is CC(O)CC1CCCN1C(=O)c1ccccc1O. The van der Waals surface area contributed by atoms with Gasteiger partial charge in [0.25, 0.3) is 5.91 Å². The minimum absolute atomic E-state index is 0.0187. The van der Waals surface area contributed by atoms with Crippen LogP contribution < -0.4 is 0 Å². The Hall–Kier alpha value is -1.55. The molecule has 4 nitrogen and oxygen atoms in total. The number of likely N-dealkylation sites (tertiary alicyclic amines) is 1. The van der Waals surface area contributed by atoms with Crippen LogP contribution in [-0.2, 0) is 0 Å². The van der Waals surface area contributed by atoms with E-state index in [2.05, 4.69) is 0 Å². The lowest BCUT2D eigenvalue weighted by molar-refractivity contribution is 0.0679. The summed E-state index contributed by atoms with van der Waals surface area (Å²) in [5, 5.41) is 19.2. The average molecular weight is 249 g/mol. The molecule has 18 heavy (non-hydrogen) atoms. The molecule has 1 aliphatic rings. The molecule has 0 saturated carbocycles. The quantitative estimate of drug-likeness (QED) is 0.858. The van der Waals surface area contributed by atoms with Crippen LogP contribution in [0.3, 0.4) is 0 Å². The van der Waals surface area contributed by atoms with Gasteiger partial charge in [0.2, 0.25) is 0 Å². The number of aliphatic hydroxyl groups is 1. The van der Waals surface area contributed by atoms with E-state index >= 15 is 0 Å². The largest absolute Gasteiger partial charge is 0.507 e. The number of hydrogen-bond donors (Lipinski definition) is 2. The third-order valence-corrected chi connectivity index (χ3v) is 3.39. The van der Waals surface area contributed by atoms with Crippen molar-refractivity contribution in [1.82, 2.24) is 4.90 Å². The lowest BCUT2D eigenvalue weighted by Gasteiger charge is -2.26. The number of aliphatic hydroxyl groups excluding tert-OH is 1. The fraction of sp³-hybridized carbons (Fsp3) is 0.500. The molecule has 1 amide bonds. The summed E-state index contributed by atoms with van der Waals surface area (Å²) in [6, 6.07) is 6.68. The van der Waals surface area contributed by atoms with Crippen molar-refractivity contribution in [3.05, 3.63) is 29.8 Å². The molecule has 0 aliphatic carbocycles. The maximum Gasteiger partial charge on any atom is 0.257 e. The van der Waals surface area contributed by atoms with Crippen molar-refractivity contribution < 1.29 is 15.0 Å². The van der Waals surface area contributed by atoms with Gasteiger partial charge < -0.3 is 15.1 Å². The van der Waals surface area contributed by atoms with Crippen LogP contribution in [0.4, 0.5) is 0 Å². The molecule has 2 rings (SSSR count). The molecule has 0 aromatic heterocycles. The standard InChI is InChI=1S/C14H19NO3/c1-10(16)9-11-5-4-8-15(11)14(18)12-6-2-3-7-13(12)17/h2-3,6-7,10-11,16-17H,4-5,8-9H2,1H3. The first-order valence-electron chi connectivity index (χ1n) is 6.36. The van der Waals surface area contributed by atoms with Crippen LogP contribution in [0.2, 0.25) is 0 Å². The Balaban J connectivity index is 2.15. The number of para-hydroxylation sites is 1. The molecule has 1 aromatic carbocycles. The van der Waals surface area contributed by atoms with Gasteiger partial charge in [-0.3, -0.25) is 4.79 Å². The third-order valence-electron chi connectivity index (χ3n) is 3.39. The molecule has 0 radical (unpaired) electrons. The average Bonchev–Trinajstić information content (AvgIpc) is 2.76. The van der Waals surface area contributed by atoms with E-state index in [4.69, 9.17) is 0 Å². The van der Waals surface area contributed by atoms with Crippen molar-refractivity contribution >= 4 is 5.91 Å². The van der Waals surface area contributed by atoms with E-state index in [0.29, 0.717) is 18.5 Å². The van der Waals surface area contributed by atoms with Crippen LogP contribution in [0.25, 0.3) is 0 Å². The van der Waals surface area contributed by atoms with Gasteiger partial charge in [0, 0.05) is 12.6 Å². The highest BCUT2D eigenvalue weighted by molar-refractivity contribution is 5.97. The Kier molecular flexibility index (Phi) is 3.87. The molecule has 2 unspecified atom stereocenters. The number of phenolic OH excluding ortho intramolecular Hbond substituents is 1. The van der Waals surface area contributed by atoms with Crippen LogP contribution in [0.15, 0.2) is 24.3 Å². The zero-order valence-electron chi connectivity index (χ0n) is 10.5. The maximum atomic E-state index is 12.3. The first kappa shape index (κ1) is 12.9. The van der Waals surface area contributed by atoms with Crippen molar-refractivity contribution in [1.29, 1.82) is 0 Å². The summed E-state index contributed by atoms with van der Waals surface area (Å²) in [5.41, 5.74) is 0.343. The fourth-order valence-electron chi connectivity index (χ4n) is 2.55. The van der Waals surface area contributed by atoms with Crippen molar-refractivity contribution in [3.63, 3.8) is 0 Å². The number of rotatable bonds is 3. The van der Waals surface area contributed by atoms with Crippen molar-refractivity contribution in [3.8, 4) is 5.75 Å². The lowest BCUT2D eigenvalue weighted by atomic mass is 10.1. The number of benzene rings is 1. The first-order chi connectivity index (χ1) is 8.59. The summed E-state index contributed by atoms with van der Waals surface area (Å²) < 4.78 is 0. The topological polar surface area (TPSA) is 60.8 Å². The number of hydrogen-bond acceptors (Lipinski definition) is 3. The Morgan fingerprint density at radius 3 is 2.89 bits per heavy atom. The Labute approximate surface area is 107 Å². The number of amides is 1. The third kappa shape index (κ3) is 2.64. The summed E-state index contributed by atoms with van der Waals surface area (Å²) >= 11 is 0. The minimum Gasteiger partial charge on any atom is -0.507 e. The van der Waals surface area contributed by atoms with E-state index in [1.807, 2.05) is 0 Å². The molecule has 2 N–H and O–H groups in total. The molecule has 0 bridgehead atoms. The van der Waals surface area contributed by atoms with Crippen LogP contribution in [0.1, 0.15) is 36.5 Å². The molecule has 1 saturated heterocycles. The van der Waals surface area contributed by atoms with E-state index in [1.54, 1.807) is 30.0 Å². The molecule has 1 fully saturated rings. The number of carbonyl (C=O) groups is 1. The van der Waals surface area contributed by atoms with Gasteiger partial charge in [-0.25, -0.2) is 0 Å². The number of phenols is 1. The molecular formula is C14H19NO3. The second-order valence-electron chi connectivity index (χ2n) is 4.90. The summed E-state index contributed by atoms with van der Waals surface area (Å²) in [6.45, 7) is 2.44. The lowest BCUT2D eigenvalue weighted by Crippen LogP contribution is -2.37. The number of carbonyl (C=O) groups excluding carboxylic acids is 1. The van der Waals surface area contributed by atoms with E-state index in [9.17, 15) is 15.0 Å². The zero-order valence-corrected chi connectivity index (χ0v) is 10.5. The van der Waals surface area contributed by atoms with Crippen molar-refractivity contribution in [2.45, 2.75) is 38.3 Å². The molecule has 2 atom stereocenters. The van der Waals surface area contributed by atoms with E-state index in [0.717, 1.165) is 12.8 Å². The molecule has 1 aliphatic heterocycles. The zero-order chi connectivity index (χ0) is 13.1. The summed E-state index contributed by atoms with van der Waals surface area (Å²) in [5.74, 6) is -0.124. The van der Waals surface area contributed by atoms with Gasteiger partial charge in [-0.05, 0) is 38.3 Å². The van der Waals surface area contributed by atoms with Gasteiger partial charge >= 0.3 is 0 Å². The molecule has 0 spiro atoms. The fourth-order valence-corrected chi connectivity index (χ4v) is 2.55. The minimum atomic E-state index is -0.409.